The number of ether oxygens (including phenoxy) is 1. The van der Waals surface area contributed by atoms with Crippen molar-refractivity contribution >= 4 is 23.4 Å². The van der Waals surface area contributed by atoms with Crippen LogP contribution in [0.3, 0.4) is 0 Å². The molecule has 4 rings (SSSR count). The molecule has 10 nitrogen and oxygen atoms in total. The van der Waals surface area contributed by atoms with Crippen LogP contribution in [0.5, 0.6) is 0 Å². The van der Waals surface area contributed by atoms with Crippen LogP contribution >= 0.6 is 0 Å². The molecule has 0 unspecified atom stereocenters. The Morgan fingerprint density at radius 1 is 1.23 bits per heavy atom. The molecule has 1 aliphatic rings. The second kappa shape index (κ2) is 10.7. The summed E-state index contributed by atoms with van der Waals surface area (Å²) in [6.07, 6.45) is 4.17. The summed E-state index contributed by atoms with van der Waals surface area (Å²) < 4.78 is 5.59. The number of aromatic nitrogens is 3. The topological polar surface area (TPSA) is 148 Å². The largest absolute Gasteiger partial charge is 0.443 e. The van der Waals surface area contributed by atoms with Gasteiger partial charge in [-0.15, -0.1) is 0 Å². The second-order valence-corrected chi connectivity index (χ2v) is 10.8. The molecule has 0 radical (unpaired) electrons. The fourth-order valence-corrected chi connectivity index (χ4v) is 4.54. The number of fused-ring (bicyclic) bond motifs is 1. The van der Waals surface area contributed by atoms with Gasteiger partial charge in [0.05, 0.1) is 40.5 Å². The summed E-state index contributed by atoms with van der Waals surface area (Å²) in [6.45, 7) is 9.17. The zero-order valence-corrected chi connectivity index (χ0v) is 22.7. The molecule has 1 amide bonds. The Labute approximate surface area is 227 Å². The molecule has 0 saturated carbocycles. The molecule has 0 saturated heterocycles. The molecule has 200 valence electrons. The van der Waals surface area contributed by atoms with E-state index in [9.17, 15) is 20.4 Å². The molecule has 0 fully saturated rings. The SMILES string of the molecule is CCCc1ncc(C#N)cc1Nc1nccc(-c2cc(C#N)c3c(c2)[C@@](C)(CO)CN3C(=O)OC(C)(C)C)n1. The fourth-order valence-electron chi connectivity index (χ4n) is 4.54. The molecule has 1 aliphatic heterocycles. The Balaban J connectivity index is 1.76. The van der Waals surface area contributed by atoms with Crippen molar-refractivity contribution < 1.29 is 14.6 Å². The quantitative estimate of drug-likeness (QED) is 0.454. The van der Waals surface area contributed by atoms with Gasteiger partial charge in [-0.25, -0.2) is 14.8 Å². The monoisotopic (exact) mass is 525 g/mol. The molecule has 3 aromatic rings. The number of anilines is 3. The van der Waals surface area contributed by atoms with Crippen LogP contribution in [0, 0.1) is 22.7 Å². The number of amides is 1. The smallest absolute Gasteiger partial charge is 0.414 e. The Hall–Kier alpha value is -4.54. The van der Waals surface area contributed by atoms with Gasteiger partial charge in [0.2, 0.25) is 5.95 Å². The van der Waals surface area contributed by atoms with Crippen LogP contribution in [0.1, 0.15) is 63.4 Å². The van der Waals surface area contributed by atoms with Crippen molar-refractivity contribution in [2.75, 3.05) is 23.4 Å². The van der Waals surface area contributed by atoms with Crippen LogP contribution in [-0.4, -0.2) is 44.9 Å². The predicted molar refractivity (Wildman–Crippen MR) is 146 cm³/mol. The van der Waals surface area contributed by atoms with Gasteiger partial charge in [-0.3, -0.25) is 9.88 Å². The van der Waals surface area contributed by atoms with E-state index < -0.39 is 17.1 Å². The van der Waals surface area contributed by atoms with Crippen molar-refractivity contribution in [3.05, 3.63) is 59.0 Å². The third-order valence-electron chi connectivity index (χ3n) is 6.40. The van der Waals surface area contributed by atoms with Gasteiger partial charge < -0.3 is 15.2 Å². The van der Waals surface area contributed by atoms with Crippen LogP contribution < -0.4 is 10.2 Å². The second-order valence-electron chi connectivity index (χ2n) is 10.8. The standard InChI is InChI=1S/C29H31N7O3/c1-6-7-23-24(10-18(13-30)15-33-23)35-26-32-9-8-22(34-26)19-11-20(14-31)25-21(12-19)29(5,17-37)16-36(25)27(38)39-28(2,3)4/h8-12,15,37H,6-7,16-17H2,1-5H3,(H,32,34,35)/t29-/m1/s1. The van der Waals surface area contributed by atoms with Crippen LogP contribution in [0.2, 0.25) is 0 Å². The molecule has 2 N–H and O–H groups in total. The van der Waals surface area contributed by atoms with Gasteiger partial charge in [0.1, 0.15) is 17.7 Å². The van der Waals surface area contributed by atoms with Gasteiger partial charge in [0, 0.05) is 29.9 Å². The molecule has 10 heteroatoms. The molecule has 0 spiro atoms. The summed E-state index contributed by atoms with van der Waals surface area (Å²) in [4.78, 5) is 27.9. The summed E-state index contributed by atoms with van der Waals surface area (Å²) >= 11 is 0. The van der Waals surface area contributed by atoms with Crippen LogP contribution in [0.25, 0.3) is 11.3 Å². The van der Waals surface area contributed by atoms with Crippen molar-refractivity contribution in [1.29, 1.82) is 10.5 Å². The third-order valence-corrected chi connectivity index (χ3v) is 6.40. The minimum absolute atomic E-state index is 0.172. The highest BCUT2D eigenvalue weighted by atomic mass is 16.6. The van der Waals surface area contributed by atoms with E-state index >= 15 is 0 Å². The van der Waals surface area contributed by atoms with Gasteiger partial charge in [0.25, 0.3) is 0 Å². The summed E-state index contributed by atoms with van der Waals surface area (Å²) in [7, 11) is 0. The number of hydrogen-bond acceptors (Lipinski definition) is 9. The van der Waals surface area contributed by atoms with Crippen molar-refractivity contribution in [1.82, 2.24) is 15.0 Å². The lowest BCUT2D eigenvalue weighted by molar-refractivity contribution is 0.0575. The highest BCUT2D eigenvalue weighted by Gasteiger charge is 2.44. The minimum atomic E-state index is -0.805. The fraction of sp³-hybridized carbons (Fsp3) is 0.379. The number of aliphatic hydroxyl groups excluding tert-OH is 1. The first-order valence-corrected chi connectivity index (χ1v) is 12.7. The van der Waals surface area contributed by atoms with Crippen LogP contribution in [0.4, 0.5) is 22.1 Å². The number of pyridine rings is 1. The lowest BCUT2D eigenvalue weighted by atomic mass is 9.83. The first kappa shape index (κ1) is 27.5. The van der Waals surface area contributed by atoms with E-state index in [0.29, 0.717) is 39.7 Å². The van der Waals surface area contributed by atoms with Gasteiger partial charge in [-0.1, -0.05) is 20.3 Å². The molecule has 0 aliphatic carbocycles. The summed E-state index contributed by atoms with van der Waals surface area (Å²) in [6, 6.07) is 11.3. The molecular formula is C29H31N7O3. The number of rotatable bonds is 6. The Kier molecular flexibility index (Phi) is 7.53. The van der Waals surface area contributed by atoms with E-state index in [2.05, 4.69) is 32.4 Å². The van der Waals surface area contributed by atoms with Gasteiger partial charge in [-0.05, 0) is 57.0 Å². The number of aryl methyl sites for hydroxylation is 1. The number of carbonyl (C=O) groups is 1. The molecule has 1 atom stereocenters. The lowest BCUT2D eigenvalue weighted by Crippen LogP contribution is -2.40. The average molecular weight is 526 g/mol. The molecule has 3 heterocycles. The van der Waals surface area contributed by atoms with E-state index in [1.54, 1.807) is 51.4 Å². The van der Waals surface area contributed by atoms with Crippen molar-refractivity contribution in [2.24, 2.45) is 0 Å². The number of nitrogens with zero attached hydrogens (tertiary/aromatic N) is 6. The van der Waals surface area contributed by atoms with E-state index in [1.165, 1.54) is 4.90 Å². The van der Waals surface area contributed by atoms with Gasteiger partial charge >= 0.3 is 6.09 Å². The predicted octanol–water partition coefficient (Wildman–Crippen LogP) is 4.98. The summed E-state index contributed by atoms with van der Waals surface area (Å²) in [5.41, 5.74) is 2.90. The normalized spacial score (nSPS) is 16.3. The zero-order chi connectivity index (χ0) is 28.4. The Morgan fingerprint density at radius 2 is 2.00 bits per heavy atom. The summed E-state index contributed by atoms with van der Waals surface area (Å²) in [5.74, 6) is 0.307. The maximum Gasteiger partial charge on any atom is 0.414 e. The van der Waals surface area contributed by atoms with Crippen LogP contribution in [-0.2, 0) is 16.6 Å². The molecule has 0 bridgehead atoms. The van der Waals surface area contributed by atoms with Gasteiger partial charge in [-0.2, -0.15) is 10.5 Å². The number of hydrogen-bond donors (Lipinski definition) is 2. The number of benzene rings is 1. The van der Waals surface area contributed by atoms with E-state index in [4.69, 9.17) is 4.74 Å². The van der Waals surface area contributed by atoms with Crippen molar-refractivity contribution in [3.63, 3.8) is 0 Å². The Bertz CT molecular complexity index is 1500. The van der Waals surface area contributed by atoms with Gasteiger partial charge in [0.15, 0.2) is 0 Å². The summed E-state index contributed by atoms with van der Waals surface area (Å²) in [5, 5.41) is 32.9. The lowest BCUT2D eigenvalue weighted by Gasteiger charge is -2.26. The van der Waals surface area contributed by atoms with Crippen molar-refractivity contribution in [3.8, 4) is 23.4 Å². The molecular weight excluding hydrogens is 494 g/mol. The Morgan fingerprint density at radius 3 is 2.64 bits per heavy atom. The maximum absolute atomic E-state index is 13.0. The molecule has 1 aromatic carbocycles. The number of carbonyl (C=O) groups excluding carboxylic acids is 1. The average Bonchev–Trinajstić information content (AvgIpc) is 3.22. The first-order chi connectivity index (χ1) is 18.5. The van der Waals surface area contributed by atoms with Crippen molar-refractivity contribution in [2.45, 2.75) is 58.5 Å². The number of nitriles is 2. The highest BCUT2D eigenvalue weighted by Crippen LogP contribution is 2.45. The third kappa shape index (κ3) is 5.66. The van der Waals surface area contributed by atoms with E-state index in [0.717, 1.165) is 18.5 Å². The number of aliphatic hydroxyl groups is 1. The maximum atomic E-state index is 13.0. The molecule has 2 aromatic heterocycles. The number of nitrogens with one attached hydrogen (secondary N) is 1. The molecule has 39 heavy (non-hydrogen) atoms. The van der Waals surface area contributed by atoms with E-state index in [-0.39, 0.29) is 18.7 Å². The van der Waals surface area contributed by atoms with E-state index in [1.807, 2.05) is 19.9 Å². The first-order valence-electron chi connectivity index (χ1n) is 12.7. The minimum Gasteiger partial charge on any atom is -0.443 e. The zero-order valence-electron chi connectivity index (χ0n) is 22.7. The highest BCUT2D eigenvalue weighted by molar-refractivity contribution is 5.95. The van der Waals surface area contributed by atoms with Crippen LogP contribution in [0.15, 0.2) is 36.7 Å².